The second kappa shape index (κ2) is 7.03. The van der Waals surface area contributed by atoms with Crippen LogP contribution in [0.25, 0.3) is 0 Å². The van der Waals surface area contributed by atoms with E-state index in [0.717, 1.165) is 11.3 Å². The number of nitrogens with one attached hydrogen (secondary N) is 3. The Labute approximate surface area is 174 Å². The number of likely N-dealkylation sites (N-methyl/N-ethyl adjacent to an activating group) is 1. The molecule has 9 nitrogen and oxygen atoms in total. The predicted octanol–water partition coefficient (Wildman–Crippen LogP) is 0.965. The van der Waals surface area contributed by atoms with Crippen molar-refractivity contribution in [1.82, 2.24) is 16.0 Å². The number of ether oxygens (including phenoxy) is 4. The van der Waals surface area contributed by atoms with E-state index < -0.39 is 17.0 Å². The van der Waals surface area contributed by atoms with Gasteiger partial charge in [0.2, 0.25) is 0 Å². The number of hydrogen-bond donors (Lipinski definition) is 3. The number of hydrogen-bond acceptors (Lipinski definition) is 7. The Morgan fingerprint density at radius 2 is 1.63 bits per heavy atom. The zero-order chi connectivity index (χ0) is 21.6. The highest BCUT2D eigenvalue weighted by molar-refractivity contribution is 6.06. The molecule has 2 fully saturated rings. The largest absolute Gasteiger partial charge is 0.497 e. The zero-order valence-corrected chi connectivity index (χ0v) is 17.3. The van der Waals surface area contributed by atoms with Gasteiger partial charge in [-0.05, 0) is 36.9 Å². The summed E-state index contributed by atoms with van der Waals surface area (Å²) in [6.45, 7) is 0. The summed E-state index contributed by atoms with van der Waals surface area (Å²) in [6, 6.07) is 7.21. The third kappa shape index (κ3) is 2.93. The Morgan fingerprint density at radius 3 is 2.17 bits per heavy atom. The third-order valence-corrected chi connectivity index (χ3v) is 5.91. The fourth-order valence-corrected chi connectivity index (χ4v) is 4.51. The van der Waals surface area contributed by atoms with Gasteiger partial charge in [0.1, 0.15) is 17.0 Å². The minimum atomic E-state index is -1.13. The normalized spacial score (nSPS) is 28.9. The second-order valence-corrected chi connectivity index (χ2v) is 7.57. The molecule has 2 amide bonds. The molecule has 1 aromatic rings. The molecule has 0 aromatic heterocycles. The predicted molar refractivity (Wildman–Crippen MR) is 107 cm³/mol. The number of Topliss-reactive ketones (excluding diaryl/α,β-unsaturated/α-hetero) is 1. The summed E-state index contributed by atoms with van der Waals surface area (Å²) in [5, 5.41) is 9.16. The molecule has 1 aliphatic carbocycles. The van der Waals surface area contributed by atoms with Gasteiger partial charge in [-0.2, -0.15) is 0 Å². The first-order valence-corrected chi connectivity index (χ1v) is 9.54. The topological polar surface area (TPSA) is 107 Å². The number of rotatable bonds is 6. The minimum Gasteiger partial charge on any atom is -0.497 e. The van der Waals surface area contributed by atoms with Crippen LogP contribution in [0.5, 0.6) is 5.75 Å². The number of methoxy groups -OCH3 is 3. The van der Waals surface area contributed by atoms with Crippen molar-refractivity contribution in [2.45, 2.75) is 29.8 Å². The molecule has 1 aromatic carbocycles. The van der Waals surface area contributed by atoms with Crippen LogP contribution >= 0.6 is 0 Å². The van der Waals surface area contributed by atoms with Crippen molar-refractivity contribution in [3.8, 4) is 5.75 Å². The quantitative estimate of drug-likeness (QED) is 0.635. The number of amides is 2. The van der Waals surface area contributed by atoms with Crippen LogP contribution in [0.15, 0.2) is 47.9 Å². The number of urea groups is 1. The lowest BCUT2D eigenvalue weighted by Crippen LogP contribution is -2.65. The van der Waals surface area contributed by atoms with E-state index in [9.17, 15) is 9.59 Å². The Hall–Kier alpha value is -3.04. The summed E-state index contributed by atoms with van der Waals surface area (Å²) in [7, 11) is 6.21. The Morgan fingerprint density at radius 1 is 1.00 bits per heavy atom. The number of benzene rings is 1. The van der Waals surface area contributed by atoms with Crippen LogP contribution in [0.1, 0.15) is 12.0 Å². The Balaban J connectivity index is 1.78. The maximum atomic E-state index is 12.5. The molecule has 2 aliphatic heterocycles. The van der Waals surface area contributed by atoms with E-state index in [-0.39, 0.29) is 23.3 Å². The van der Waals surface area contributed by atoms with Crippen molar-refractivity contribution in [2.24, 2.45) is 0 Å². The standard InChI is InChI=1S/C21H25N3O6/c1-22-20-12-19(10-15(28-3)17(25)16(11-19)29-4)30-21(20,24-18(26)23-20)9-13-5-7-14(27-2)8-6-13/h5-8,10-11,22H,9,12H2,1-4H3,(H2,23,24,26)/t20-,21+/m0/s1. The molecule has 30 heavy (non-hydrogen) atoms. The first-order chi connectivity index (χ1) is 14.3. The summed E-state index contributed by atoms with van der Waals surface area (Å²) >= 11 is 0. The molecule has 1 spiro atoms. The summed E-state index contributed by atoms with van der Waals surface area (Å²) in [4.78, 5) is 24.8. The van der Waals surface area contributed by atoms with E-state index in [0.29, 0.717) is 12.8 Å². The van der Waals surface area contributed by atoms with Gasteiger partial charge in [0, 0.05) is 12.8 Å². The molecular formula is C21H25N3O6. The minimum absolute atomic E-state index is 0.131. The molecule has 0 bridgehead atoms. The maximum absolute atomic E-state index is 12.5. The molecule has 0 saturated carbocycles. The smallest absolute Gasteiger partial charge is 0.318 e. The van der Waals surface area contributed by atoms with Crippen LogP contribution in [0, 0.1) is 0 Å². The highest BCUT2D eigenvalue weighted by atomic mass is 16.6. The molecule has 2 heterocycles. The highest BCUT2D eigenvalue weighted by Gasteiger charge is 2.69. The maximum Gasteiger partial charge on any atom is 0.318 e. The van der Waals surface area contributed by atoms with Gasteiger partial charge < -0.3 is 29.6 Å². The van der Waals surface area contributed by atoms with E-state index in [1.807, 2.05) is 24.3 Å². The van der Waals surface area contributed by atoms with E-state index >= 15 is 0 Å². The van der Waals surface area contributed by atoms with Crippen molar-refractivity contribution in [3.63, 3.8) is 0 Å². The van der Waals surface area contributed by atoms with E-state index in [4.69, 9.17) is 18.9 Å². The summed E-state index contributed by atoms with van der Waals surface area (Å²) in [5.41, 5.74) is -2.15. The molecule has 0 unspecified atom stereocenters. The van der Waals surface area contributed by atoms with Gasteiger partial charge in [-0.15, -0.1) is 0 Å². The first kappa shape index (κ1) is 20.2. The molecule has 2 atom stereocenters. The van der Waals surface area contributed by atoms with Crippen molar-refractivity contribution in [3.05, 3.63) is 53.5 Å². The SMILES string of the molecule is CN[C@]12CC3(C=C(OC)C(=O)C(OC)=C3)O[C@@]1(Cc1ccc(OC)cc1)NC(=O)N2. The van der Waals surface area contributed by atoms with Gasteiger partial charge in [-0.25, -0.2) is 4.79 Å². The van der Waals surface area contributed by atoms with Gasteiger partial charge >= 0.3 is 6.03 Å². The summed E-state index contributed by atoms with van der Waals surface area (Å²) < 4.78 is 22.4. The zero-order valence-electron chi connectivity index (χ0n) is 17.3. The van der Waals surface area contributed by atoms with E-state index in [1.165, 1.54) is 14.2 Å². The van der Waals surface area contributed by atoms with Crippen LogP contribution in [0.3, 0.4) is 0 Å². The van der Waals surface area contributed by atoms with Gasteiger partial charge in [-0.3, -0.25) is 10.1 Å². The van der Waals surface area contributed by atoms with E-state index in [2.05, 4.69) is 16.0 Å². The van der Waals surface area contributed by atoms with Gasteiger partial charge in [-0.1, -0.05) is 12.1 Å². The van der Waals surface area contributed by atoms with Crippen molar-refractivity contribution in [1.29, 1.82) is 0 Å². The molecule has 4 rings (SSSR count). The number of fused-ring (bicyclic) bond motifs is 1. The molecule has 3 aliphatic rings. The fraction of sp³-hybridized carbons (Fsp3) is 0.429. The van der Waals surface area contributed by atoms with Crippen LogP contribution in [-0.2, 0) is 25.4 Å². The lowest BCUT2D eigenvalue weighted by Gasteiger charge is -2.37. The van der Waals surface area contributed by atoms with Crippen LogP contribution in [0.4, 0.5) is 4.79 Å². The van der Waals surface area contributed by atoms with Crippen molar-refractivity contribution in [2.75, 3.05) is 28.4 Å². The Bertz CT molecular complexity index is 917. The van der Waals surface area contributed by atoms with Gasteiger partial charge in [0.05, 0.1) is 21.3 Å². The van der Waals surface area contributed by atoms with Crippen LogP contribution < -0.4 is 20.7 Å². The third-order valence-electron chi connectivity index (χ3n) is 5.91. The lowest BCUT2D eigenvalue weighted by atomic mass is 9.84. The monoisotopic (exact) mass is 415 g/mol. The number of ketones is 1. The average molecular weight is 415 g/mol. The summed E-state index contributed by atoms with van der Waals surface area (Å²) in [6.07, 6.45) is 3.97. The molecule has 9 heteroatoms. The first-order valence-electron chi connectivity index (χ1n) is 9.54. The second-order valence-electron chi connectivity index (χ2n) is 7.57. The van der Waals surface area contributed by atoms with Crippen LogP contribution in [0.2, 0.25) is 0 Å². The molecular weight excluding hydrogens is 390 g/mol. The lowest BCUT2D eigenvalue weighted by molar-refractivity contribution is -0.120. The molecule has 3 N–H and O–H groups in total. The Kier molecular flexibility index (Phi) is 4.74. The number of carbonyl (C=O) groups excluding carboxylic acids is 2. The van der Waals surface area contributed by atoms with Crippen LogP contribution in [-0.4, -0.2) is 57.2 Å². The molecule has 160 valence electrons. The summed E-state index contributed by atoms with van der Waals surface area (Å²) in [5.74, 6) is 0.642. The molecule has 0 radical (unpaired) electrons. The average Bonchev–Trinajstić information content (AvgIpc) is 3.13. The van der Waals surface area contributed by atoms with Crippen molar-refractivity contribution >= 4 is 11.8 Å². The number of carbonyl (C=O) groups is 2. The van der Waals surface area contributed by atoms with Crippen molar-refractivity contribution < 1.29 is 28.5 Å². The van der Waals surface area contributed by atoms with Gasteiger partial charge in [0.15, 0.2) is 17.2 Å². The fourth-order valence-electron chi connectivity index (χ4n) is 4.51. The van der Waals surface area contributed by atoms with Gasteiger partial charge in [0.25, 0.3) is 5.78 Å². The highest BCUT2D eigenvalue weighted by Crippen LogP contribution is 2.50. The van der Waals surface area contributed by atoms with E-state index in [1.54, 1.807) is 26.3 Å². The molecule has 2 saturated heterocycles.